The molecule has 37 heavy (non-hydrogen) atoms. The third-order valence-electron chi connectivity index (χ3n) is 7.23. The van der Waals surface area contributed by atoms with E-state index < -0.39 is 17.2 Å². The number of anilines is 1. The summed E-state index contributed by atoms with van der Waals surface area (Å²) in [7, 11) is 1.51. The number of amides is 3. The molecule has 2 aromatic carbocycles. The van der Waals surface area contributed by atoms with Gasteiger partial charge in [-0.25, -0.2) is 18.7 Å². The molecule has 3 N–H and O–H groups in total. The Morgan fingerprint density at radius 3 is 2.49 bits per heavy atom. The van der Waals surface area contributed by atoms with Crippen LogP contribution in [-0.4, -0.2) is 76.2 Å². The van der Waals surface area contributed by atoms with E-state index in [1.165, 1.54) is 24.1 Å². The van der Waals surface area contributed by atoms with Crippen molar-refractivity contribution in [2.24, 2.45) is 0 Å². The maximum atomic E-state index is 13.2. The van der Waals surface area contributed by atoms with Gasteiger partial charge in [0.05, 0.1) is 19.6 Å². The van der Waals surface area contributed by atoms with Crippen molar-refractivity contribution in [2.75, 3.05) is 44.7 Å². The van der Waals surface area contributed by atoms with E-state index in [9.17, 15) is 23.9 Å². The van der Waals surface area contributed by atoms with Gasteiger partial charge in [0, 0.05) is 19.2 Å². The van der Waals surface area contributed by atoms with Crippen LogP contribution in [0, 0.1) is 5.82 Å². The highest BCUT2D eigenvalue weighted by Gasteiger charge is 2.52. The fourth-order valence-corrected chi connectivity index (χ4v) is 5.15. The molecule has 2 aliphatic rings. The summed E-state index contributed by atoms with van der Waals surface area (Å²) < 4.78 is 13.5. The summed E-state index contributed by atoms with van der Waals surface area (Å²) in [5.41, 5.74) is 0.587. The van der Waals surface area contributed by atoms with Crippen molar-refractivity contribution in [3.8, 4) is 5.75 Å². The molecule has 0 radical (unpaired) electrons. The lowest BCUT2D eigenvalue weighted by Gasteiger charge is -2.42. The second kappa shape index (κ2) is 9.66. The van der Waals surface area contributed by atoms with Crippen LogP contribution in [-0.2, 0) is 6.54 Å². The van der Waals surface area contributed by atoms with Crippen molar-refractivity contribution in [1.82, 2.24) is 20.2 Å². The van der Waals surface area contributed by atoms with Gasteiger partial charge < -0.3 is 14.9 Å². The maximum Gasteiger partial charge on any atom is 0.417 e. The molecule has 192 valence electrons. The Hall–Kier alpha value is -4.25. The van der Waals surface area contributed by atoms with Gasteiger partial charge in [-0.05, 0) is 17.7 Å². The largest absolute Gasteiger partial charge is 0.501 e. The van der Waals surface area contributed by atoms with E-state index in [2.05, 4.69) is 15.3 Å². The minimum absolute atomic E-state index is 0.0140. The highest BCUT2D eigenvalue weighted by molar-refractivity contribution is 5.94. The van der Waals surface area contributed by atoms with E-state index in [-0.39, 0.29) is 40.6 Å². The normalized spacial score (nSPS) is 18.6. The number of urea groups is 1. The zero-order valence-corrected chi connectivity index (χ0v) is 20.4. The number of nitrogens with one attached hydrogen (secondary N) is 2. The first kappa shape index (κ1) is 24.4. The lowest BCUT2D eigenvalue weighted by atomic mass is 10.0. The molecule has 2 saturated heterocycles. The summed E-state index contributed by atoms with van der Waals surface area (Å²) in [5.74, 6) is -1.63. The van der Waals surface area contributed by atoms with Gasteiger partial charge in [0.25, 0.3) is 11.5 Å². The summed E-state index contributed by atoms with van der Waals surface area (Å²) in [6, 6.07) is 15.6. The number of hydrogen-bond donors (Lipinski definition) is 3. The van der Waals surface area contributed by atoms with Crippen LogP contribution in [0.1, 0.15) is 27.7 Å². The van der Waals surface area contributed by atoms with Crippen molar-refractivity contribution < 1.29 is 23.6 Å². The SMILES string of the molecule is CN(Cc1ccc(F)cc1)C(=O)c1nc(N2CC[N+]3(CC2)C(=O)NCC3c2ccccc2)[nH]c(=O)c1O. The molecule has 1 spiro atoms. The van der Waals surface area contributed by atoms with Gasteiger partial charge >= 0.3 is 6.03 Å². The monoisotopic (exact) mass is 507 g/mol. The van der Waals surface area contributed by atoms with Crippen LogP contribution in [0.15, 0.2) is 59.4 Å². The van der Waals surface area contributed by atoms with Gasteiger partial charge in [0.15, 0.2) is 5.69 Å². The summed E-state index contributed by atoms with van der Waals surface area (Å²) in [4.78, 5) is 48.5. The van der Waals surface area contributed by atoms with Crippen molar-refractivity contribution in [3.63, 3.8) is 0 Å². The number of nitrogens with zero attached hydrogens (tertiary/aromatic N) is 4. The molecule has 1 unspecified atom stereocenters. The number of carbonyl (C=O) groups excluding carboxylic acids is 2. The zero-order valence-electron chi connectivity index (χ0n) is 20.4. The maximum absolute atomic E-state index is 13.2. The summed E-state index contributed by atoms with van der Waals surface area (Å²) in [6.07, 6.45) is 0. The van der Waals surface area contributed by atoms with Crippen LogP contribution >= 0.6 is 0 Å². The molecule has 10 nitrogen and oxygen atoms in total. The molecule has 3 aromatic rings. The molecule has 3 heterocycles. The predicted molar refractivity (Wildman–Crippen MR) is 134 cm³/mol. The molecule has 3 amide bonds. The van der Waals surface area contributed by atoms with E-state index in [4.69, 9.17) is 0 Å². The Bertz CT molecular complexity index is 1370. The standard InChI is InChI=1S/C26H27FN6O4/c1-31(16-17-7-9-19(27)10-8-17)24(36)21-22(34)23(35)30-25(29-21)32-11-13-33(14-12-32)20(15-28-26(33)37)18-5-3-2-4-6-18/h2-10,20H,11-16H2,1H3,(H2-,28,29,30,34,35,36,37)/p+1. The lowest BCUT2D eigenvalue weighted by Crippen LogP contribution is -2.62. The molecule has 1 aromatic heterocycles. The predicted octanol–water partition coefficient (Wildman–Crippen LogP) is 1.99. The number of aromatic hydroxyl groups is 1. The fourth-order valence-electron chi connectivity index (χ4n) is 5.15. The fraction of sp³-hybridized carbons (Fsp3) is 0.308. The van der Waals surface area contributed by atoms with Gasteiger partial charge in [-0.1, -0.05) is 42.5 Å². The number of quaternary nitrogens is 1. The smallest absolute Gasteiger partial charge is 0.417 e. The lowest BCUT2D eigenvalue weighted by molar-refractivity contribution is -0.872. The van der Waals surface area contributed by atoms with Crippen LogP contribution in [0.5, 0.6) is 5.75 Å². The highest BCUT2D eigenvalue weighted by atomic mass is 19.1. The number of H-pyrrole nitrogens is 1. The van der Waals surface area contributed by atoms with Crippen LogP contribution < -0.4 is 15.8 Å². The van der Waals surface area contributed by atoms with Gasteiger partial charge in [0.1, 0.15) is 24.9 Å². The number of piperazine rings is 1. The minimum Gasteiger partial charge on any atom is -0.501 e. The second-order valence-corrected chi connectivity index (χ2v) is 9.46. The Balaban J connectivity index is 1.35. The number of hydrogen-bond acceptors (Lipinski definition) is 6. The minimum atomic E-state index is -0.820. The van der Waals surface area contributed by atoms with Crippen molar-refractivity contribution in [3.05, 3.63) is 87.6 Å². The quantitative estimate of drug-likeness (QED) is 0.455. The number of aromatic amines is 1. The summed E-state index contributed by atoms with van der Waals surface area (Å²) in [6.45, 7) is 2.51. The first-order valence-electron chi connectivity index (χ1n) is 12.1. The van der Waals surface area contributed by atoms with E-state index in [1.807, 2.05) is 35.2 Å². The number of aromatic nitrogens is 2. The third kappa shape index (κ3) is 4.53. The van der Waals surface area contributed by atoms with Crippen LogP contribution in [0.2, 0.25) is 0 Å². The van der Waals surface area contributed by atoms with Crippen LogP contribution in [0.25, 0.3) is 0 Å². The first-order valence-corrected chi connectivity index (χ1v) is 12.1. The molecule has 5 rings (SSSR count). The number of carbonyl (C=O) groups is 2. The summed E-state index contributed by atoms with van der Waals surface area (Å²) in [5, 5.41) is 13.3. The van der Waals surface area contributed by atoms with Crippen LogP contribution in [0.3, 0.4) is 0 Å². The van der Waals surface area contributed by atoms with Gasteiger partial charge in [-0.15, -0.1) is 0 Å². The molecule has 2 aliphatic heterocycles. The molecule has 1 atom stereocenters. The number of benzene rings is 2. The molecule has 0 saturated carbocycles. The van der Waals surface area contributed by atoms with E-state index in [0.29, 0.717) is 38.3 Å². The molecule has 2 fully saturated rings. The molecular formula is C26H28FN6O4+. The topological polar surface area (TPSA) is 119 Å². The molecular weight excluding hydrogens is 479 g/mol. The molecule has 0 bridgehead atoms. The first-order chi connectivity index (χ1) is 17.8. The number of rotatable bonds is 5. The van der Waals surface area contributed by atoms with Gasteiger partial charge in [-0.3, -0.25) is 19.9 Å². The van der Waals surface area contributed by atoms with Crippen LogP contribution in [0.4, 0.5) is 15.1 Å². The average Bonchev–Trinajstić information content (AvgIpc) is 3.22. The highest BCUT2D eigenvalue weighted by Crippen LogP contribution is 2.35. The van der Waals surface area contributed by atoms with Crippen molar-refractivity contribution in [2.45, 2.75) is 12.6 Å². The van der Waals surface area contributed by atoms with E-state index in [0.717, 1.165) is 5.56 Å². The van der Waals surface area contributed by atoms with Gasteiger partial charge in [0.2, 0.25) is 11.7 Å². The Kier molecular flexibility index (Phi) is 6.38. The zero-order chi connectivity index (χ0) is 26.2. The van der Waals surface area contributed by atoms with E-state index >= 15 is 0 Å². The Morgan fingerprint density at radius 1 is 1.14 bits per heavy atom. The van der Waals surface area contributed by atoms with Crippen molar-refractivity contribution >= 4 is 17.9 Å². The summed E-state index contributed by atoms with van der Waals surface area (Å²) >= 11 is 0. The third-order valence-corrected chi connectivity index (χ3v) is 7.23. The average molecular weight is 508 g/mol. The Labute approximate surface area is 212 Å². The second-order valence-electron chi connectivity index (χ2n) is 9.46. The molecule has 0 aliphatic carbocycles. The van der Waals surface area contributed by atoms with E-state index in [1.54, 1.807) is 12.1 Å². The Morgan fingerprint density at radius 2 is 1.81 bits per heavy atom. The number of halogens is 1. The van der Waals surface area contributed by atoms with Gasteiger partial charge in [-0.2, -0.15) is 0 Å². The van der Waals surface area contributed by atoms with Crippen molar-refractivity contribution in [1.29, 1.82) is 0 Å². The molecule has 11 heteroatoms.